The standard InChI is InChI=1S/C21H21NO6/c1-10-6-7-15-13(8-10)9-14(19(23)22-15)18-16(20(24)26-4)11(2)28-12(3)17(18)21(25)27-5/h6-9,18H,1-5H3,(H,22,23). The molecular formula is C21H21NO6. The molecule has 1 aromatic heterocycles. The van der Waals surface area contributed by atoms with Crippen LogP contribution in [0.1, 0.15) is 30.9 Å². The zero-order valence-corrected chi connectivity index (χ0v) is 16.3. The molecule has 0 aliphatic carbocycles. The van der Waals surface area contributed by atoms with Crippen LogP contribution in [0.4, 0.5) is 0 Å². The molecule has 2 heterocycles. The number of H-pyrrole nitrogens is 1. The molecule has 1 N–H and O–H groups in total. The van der Waals surface area contributed by atoms with Crippen LogP contribution < -0.4 is 5.56 Å². The highest BCUT2D eigenvalue weighted by Gasteiger charge is 2.40. The fraction of sp³-hybridized carbons (Fsp3) is 0.286. The largest absolute Gasteiger partial charge is 0.466 e. The molecule has 0 fully saturated rings. The van der Waals surface area contributed by atoms with Gasteiger partial charge >= 0.3 is 11.9 Å². The number of nitrogens with one attached hydrogen (secondary N) is 1. The number of carbonyl (C=O) groups is 2. The van der Waals surface area contributed by atoms with Crippen LogP contribution in [0.2, 0.25) is 0 Å². The summed E-state index contributed by atoms with van der Waals surface area (Å²) in [6.07, 6.45) is 0. The van der Waals surface area contributed by atoms with Crippen molar-refractivity contribution in [2.75, 3.05) is 14.2 Å². The van der Waals surface area contributed by atoms with E-state index in [1.807, 2.05) is 25.1 Å². The third kappa shape index (κ3) is 3.19. The van der Waals surface area contributed by atoms with Crippen LogP contribution in [0.3, 0.4) is 0 Å². The van der Waals surface area contributed by atoms with Crippen molar-refractivity contribution in [3.63, 3.8) is 0 Å². The van der Waals surface area contributed by atoms with Gasteiger partial charge in [0.05, 0.1) is 31.3 Å². The lowest BCUT2D eigenvalue weighted by Gasteiger charge is -2.28. The zero-order valence-electron chi connectivity index (χ0n) is 16.3. The molecule has 0 bridgehead atoms. The molecule has 0 radical (unpaired) electrons. The van der Waals surface area contributed by atoms with Gasteiger partial charge in [-0.2, -0.15) is 0 Å². The van der Waals surface area contributed by atoms with Crippen LogP contribution >= 0.6 is 0 Å². The zero-order chi connectivity index (χ0) is 20.6. The van der Waals surface area contributed by atoms with Gasteiger partial charge in [0.25, 0.3) is 5.56 Å². The maximum absolute atomic E-state index is 12.9. The lowest BCUT2D eigenvalue weighted by molar-refractivity contribution is -0.137. The van der Waals surface area contributed by atoms with Crippen molar-refractivity contribution in [1.29, 1.82) is 0 Å². The van der Waals surface area contributed by atoms with Gasteiger partial charge < -0.3 is 19.2 Å². The van der Waals surface area contributed by atoms with Crippen molar-refractivity contribution >= 4 is 22.8 Å². The second kappa shape index (κ2) is 7.34. The van der Waals surface area contributed by atoms with Crippen LogP contribution in [0.25, 0.3) is 10.9 Å². The van der Waals surface area contributed by atoms with Crippen molar-refractivity contribution in [3.05, 3.63) is 68.4 Å². The number of methoxy groups -OCH3 is 2. The molecule has 7 nitrogen and oxygen atoms in total. The molecule has 0 saturated heterocycles. The van der Waals surface area contributed by atoms with E-state index >= 15 is 0 Å². The number of aryl methyl sites for hydroxylation is 1. The number of benzene rings is 1. The predicted octanol–water partition coefficient (Wildman–Crippen LogP) is 2.84. The monoisotopic (exact) mass is 383 g/mol. The van der Waals surface area contributed by atoms with Crippen molar-refractivity contribution in [1.82, 2.24) is 4.98 Å². The Hall–Kier alpha value is -3.35. The first kappa shape index (κ1) is 19.4. The molecule has 28 heavy (non-hydrogen) atoms. The van der Waals surface area contributed by atoms with E-state index in [-0.39, 0.29) is 28.2 Å². The normalized spacial score (nSPS) is 14.9. The van der Waals surface area contributed by atoms with Gasteiger partial charge in [-0.25, -0.2) is 9.59 Å². The molecule has 7 heteroatoms. The fourth-order valence-electron chi connectivity index (χ4n) is 3.50. The summed E-state index contributed by atoms with van der Waals surface area (Å²) in [5.74, 6) is -1.79. The molecule has 0 saturated carbocycles. The van der Waals surface area contributed by atoms with Gasteiger partial charge in [-0.15, -0.1) is 0 Å². The van der Waals surface area contributed by atoms with Gasteiger partial charge in [0.15, 0.2) is 0 Å². The lowest BCUT2D eigenvalue weighted by atomic mass is 9.82. The number of aromatic amines is 1. The van der Waals surface area contributed by atoms with Crippen LogP contribution in [0.15, 0.2) is 51.7 Å². The number of carbonyl (C=O) groups excluding carboxylic acids is 2. The Bertz CT molecular complexity index is 1070. The quantitative estimate of drug-likeness (QED) is 0.819. The molecule has 0 unspecified atom stereocenters. The van der Waals surface area contributed by atoms with E-state index in [1.165, 1.54) is 14.2 Å². The predicted molar refractivity (Wildman–Crippen MR) is 103 cm³/mol. The van der Waals surface area contributed by atoms with Gasteiger partial charge in [-0.3, -0.25) is 4.79 Å². The third-order valence-corrected chi connectivity index (χ3v) is 4.79. The summed E-state index contributed by atoms with van der Waals surface area (Å²) in [5, 5.41) is 0.782. The van der Waals surface area contributed by atoms with Crippen LogP contribution in [-0.2, 0) is 23.8 Å². The second-order valence-electron chi connectivity index (χ2n) is 6.60. The lowest BCUT2D eigenvalue weighted by Crippen LogP contribution is -2.30. The Morgan fingerprint density at radius 3 is 2.07 bits per heavy atom. The third-order valence-electron chi connectivity index (χ3n) is 4.79. The molecule has 1 aromatic carbocycles. The summed E-state index contributed by atoms with van der Waals surface area (Å²) < 4.78 is 15.4. The molecule has 1 aliphatic rings. The Balaban J connectivity index is 2.34. The van der Waals surface area contributed by atoms with Crippen LogP contribution in [0, 0.1) is 6.92 Å². The van der Waals surface area contributed by atoms with E-state index in [4.69, 9.17) is 14.2 Å². The van der Waals surface area contributed by atoms with E-state index in [0.29, 0.717) is 5.52 Å². The summed E-state index contributed by atoms with van der Waals surface area (Å²) in [4.78, 5) is 40.7. The maximum Gasteiger partial charge on any atom is 0.338 e. The molecule has 0 atom stereocenters. The molecule has 1 aliphatic heterocycles. The highest BCUT2D eigenvalue weighted by Crippen LogP contribution is 2.40. The molecule has 2 aromatic rings. The molecular weight excluding hydrogens is 362 g/mol. The van der Waals surface area contributed by atoms with Crippen LogP contribution in [-0.4, -0.2) is 31.1 Å². The smallest absolute Gasteiger partial charge is 0.338 e. The van der Waals surface area contributed by atoms with Crippen LogP contribution in [0.5, 0.6) is 0 Å². The number of hydrogen-bond donors (Lipinski definition) is 1. The minimum absolute atomic E-state index is 0.0889. The number of aromatic nitrogens is 1. The summed E-state index contributed by atoms with van der Waals surface area (Å²) >= 11 is 0. The fourth-order valence-corrected chi connectivity index (χ4v) is 3.50. The Morgan fingerprint density at radius 1 is 0.964 bits per heavy atom. The van der Waals surface area contributed by atoms with E-state index in [9.17, 15) is 14.4 Å². The van der Waals surface area contributed by atoms with Gasteiger partial charge in [-0.1, -0.05) is 11.6 Å². The number of esters is 2. The topological polar surface area (TPSA) is 94.7 Å². The van der Waals surface area contributed by atoms with Crippen molar-refractivity contribution in [2.45, 2.75) is 26.7 Å². The summed E-state index contributed by atoms with van der Waals surface area (Å²) in [6.45, 7) is 5.12. The van der Waals surface area contributed by atoms with E-state index in [2.05, 4.69) is 4.98 Å². The number of hydrogen-bond acceptors (Lipinski definition) is 6. The average molecular weight is 383 g/mol. The van der Waals surface area contributed by atoms with Gasteiger partial charge in [0.2, 0.25) is 0 Å². The van der Waals surface area contributed by atoms with Crippen molar-refractivity contribution in [2.24, 2.45) is 0 Å². The summed E-state index contributed by atoms with van der Waals surface area (Å²) in [7, 11) is 2.47. The first-order chi connectivity index (χ1) is 13.3. The SMILES string of the molecule is COC(=O)C1=C(C)OC(C)=C(C(=O)OC)C1c1cc2cc(C)ccc2[nH]c1=O. The second-order valence-corrected chi connectivity index (χ2v) is 6.60. The van der Waals surface area contributed by atoms with Gasteiger partial charge in [0.1, 0.15) is 11.5 Å². The van der Waals surface area contributed by atoms with E-state index in [1.54, 1.807) is 19.9 Å². The van der Waals surface area contributed by atoms with Crippen molar-refractivity contribution < 1.29 is 23.8 Å². The van der Waals surface area contributed by atoms with Crippen molar-refractivity contribution in [3.8, 4) is 0 Å². The molecule has 0 spiro atoms. The van der Waals surface area contributed by atoms with Gasteiger partial charge in [0, 0.05) is 11.1 Å². The number of fused-ring (bicyclic) bond motifs is 1. The Kier molecular flexibility index (Phi) is 5.09. The number of rotatable bonds is 3. The van der Waals surface area contributed by atoms with E-state index < -0.39 is 23.4 Å². The minimum atomic E-state index is -0.970. The minimum Gasteiger partial charge on any atom is -0.466 e. The first-order valence-corrected chi connectivity index (χ1v) is 8.68. The van der Waals surface area contributed by atoms with Gasteiger partial charge in [-0.05, 0) is 44.4 Å². The molecule has 0 amide bonds. The maximum atomic E-state index is 12.9. The van der Waals surface area contributed by atoms with E-state index in [0.717, 1.165) is 10.9 Å². The first-order valence-electron chi connectivity index (χ1n) is 8.68. The Labute approximate surface area is 161 Å². The number of allylic oxidation sites excluding steroid dienone is 2. The number of pyridine rings is 1. The summed E-state index contributed by atoms with van der Waals surface area (Å²) in [6, 6.07) is 7.30. The number of ether oxygens (including phenoxy) is 3. The highest BCUT2D eigenvalue weighted by molar-refractivity contribution is 5.99. The Morgan fingerprint density at radius 2 is 1.54 bits per heavy atom. The average Bonchev–Trinajstić information content (AvgIpc) is 2.66. The summed E-state index contributed by atoms with van der Waals surface area (Å²) in [5.41, 5.74) is 1.67. The molecule has 3 rings (SSSR count). The molecule has 146 valence electrons. The highest BCUT2D eigenvalue weighted by atomic mass is 16.5.